The summed E-state index contributed by atoms with van der Waals surface area (Å²) in [4.78, 5) is 25.3. The Morgan fingerprint density at radius 3 is 2.55 bits per heavy atom. The molecule has 0 aliphatic rings. The van der Waals surface area contributed by atoms with Crippen LogP contribution in [-0.2, 0) is 11.3 Å². The van der Waals surface area contributed by atoms with Crippen LogP contribution in [0.5, 0.6) is 5.75 Å². The Labute approximate surface area is 194 Å². The Bertz CT molecular complexity index is 1250. The molecule has 1 amide bonds. The first kappa shape index (κ1) is 22.2. The molecule has 0 spiro atoms. The third-order valence-electron chi connectivity index (χ3n) is 4.58. The number of hydrogen-bond acceptors (Lipinski definition) is 6. The maximum Gasteiger partial charge on any atom is 0.343 e. The van der Waals surface area contributed by atoms with Gasteiger partial charge in [-0.15, -0.1) is 0 Å². The van der Waals surface area contributed by atoms with E-state index in [-0.39, 0.29) is 30.4 Å². The Morgan fingerprint density at radius 2 is 1.82 bits per heavy atom. The predicted octanol–water partition coefficient (Wildman–Crippen LogP) is 5.13. The molecule has 168 valence electrons. The van der Waals surface area contributed by atoms with Crippen molar-refractivity contribution >= 4 is 29.3 Å². The van der Waals surface area contributed by atoms with Crippen LogP contribution in [0.15, 0.2) is 77.3 Å². The normalized spacial score (nSPS) is 10.6. The second kappa shape index (κ2) is 10.1. The van der Waals surface area contributed by atoms with Crippen LogP contribution >= 0.6 is 11.6 Å². The molecule has 0 bridgehead atoms. The van der Waals surface area contributed by atoms with E-state index in [4.69, 9.17) is 25.5 Å². The number of nitrogens with zero attached hydrogens (tertiary/aromatic N) is 2. The van der Waals surface area contributed by atoms with Crippen LogP contribution in [0, 0.1) is 0 Å². The molecule has 4 aromatic rings. The van der Waals surface area contributed by atoms with Gasteiger partial charge >= 0.3 is 5.97 Å². The molecule has 1 N–H and O–H groups in total. The average Bonchev–Trinajstić information content (AvgIpc) is 3.47. The summed E-state index contributed by atoms with van der Waals surface area (Å²) in [5.41, 5.74) is 0.798. The standard InChI is InChI=1S/C24H20ClN3O5/c1-2-31-24(30)20-14-26-28(17-6-4-3-5-7-17)22(20)27-23(29)21-13-12-19(33-21)15-32-18-10-8-16(25)9-11-18/h3-14H,2,15H2,1H3,(H,27,29). The summed E-state index contributed by atoms with van der Waals surface area (Å²) in [7, 11) is 0. The zero-order valence-electron chi connectivity index (χ0n) is 17.7. The monoisotopic (exact) mass is 465 g/mol. The lowest BCUT2D eigenvalue weighted by Gasteiger charge is -2.10. The number of amides is 1. The lowest BCUT2D eigenvalue weighted by molar-refractivity contribution is 0.0527. The number of nitrogens with one attached hydrogen (secondary N) is 1. The van der Waals surface area contributed by atoms with Crippen molar-refractivity contribution in [3.05, 3.63) is 95.0 Å². The largest absolute Gasteiger partial charge is 0.486 e. The highest BCUT2D eigenvalue weighted by Gasteiger charge is 2.23. The van der Waals surface area contributed by atoms with Crippen LogP contribution in [0.1, 0.15) is 33.6 Å². The molecule has 8 nitrogen and oxygen atoms in total. The van der Waals surface area contributed by atoms with Gasteiger partial charge in [-0.05, 0) is 55.5 Å². The van der Waals surface area contributed by atoms with Crippen LogP contribution in [-0.4, -0.2) is 28.3 Å². The molecular weight excluding hydrogens is 446 g/mol. The lowest BCUT2D eigenvalue weighted by atomic mass is 10.3. The topological polar surface area (TPSA) is 95.6 Å². The number of para-hydroxylation sites is 1. The molecule has 0 atom stereocenters. The first-order valence-electron chi connectivity index (χ1n) is 10.1. The van der Waals surface area contributed by atoms with Gasteiger partial charge in [-0.3, -0.25) is 4.79 Å². The quantitative estimate of drug-likeness (QED) is 0.362. The number of aromatic nitrogens is 2. The molecule has 2 aromatic carbocycles. The minimum absolute atomic E-state index is 0.0559. The number of esters is 1. The van der Waals surface area contributed by atoms with Crippen LogP contribution in [0.4, 0.5) is 5.82 Å². The van der Waals surface area contributed by atoms with Gasteiger partial charge in [0.25, 0.3) is 5.91 Å². The van der Waals surface area contributed by atoms with Crippen molar-refractivity contribution in [2.75, 3.05) is 11.9 Å². The summed E-state index contributed by atoms with van der Waals surface area (Å²) in [6, 6.07) is 19.2. The lowest BCUT2D eigenvalue weighted by Crippen LogP contribution is -2.17. The number of hydrogen-bond donors (Lipinski definition) is 1. The number of benzene rings is 2. The number of anilines is 1. The van der Waals surface area contributed by atoms with E-state index in [1.54, 1.807) is 49.4 Å². The van der Waals surface area contributed by atoms with Crippen LogP contribution in [0.2, 0.25) is 5.02 Å². The molecule has 9 heteroatoms. The minimum Gasteiger partial charge on any atom is -0.486 e. The molecule has 0 fully saturated rings. The van der Waals surface area contributed by atoms with Gasteiger partial charge in [-0.2, -0.15) is 5.10 Å². The molecule has 0 saturated heterocycles. The minimum atomic E-state index is -0.591. The van der Waals surface area contributed by atoms with E-state index in [1.807, 2.05) is 18.2 Å². The number of furan rings is 1. The van der Waals surface area contributed by atoms with Crippen molar-refractivity contribution in [1.82, 2.24) is 9.78 Å². The van der Waals surface area contributed by atoms with E-state index in [0.717, 1.165) is 0 Å². The predicted molar refractivity (Wildman–Crippen MR) is 122 cm³/mol. The van der Waals surface area contributed by atoms with Crippen LogP contribution in [0.3, 0.4) is 0 Å². The fourth-order valence-electron chi connectivity index (χ4n) is 3.02. The summed E-state index contributed by atoms with van der Waals surface area (Å²) in [5.74, 6) is 0.174. The molecule has 0 unspecified atom stereocenters. The molecule has 0 aliphatic heterocycles. The summed E-state index contributed by atoms with van der Waals surface area (Å²) in [6.07, 6.45) is 1.36. The summed E-state index contributed by atoms with van der Waals surface area (Å²) in [5, 5.41) is 7.58. The maximum absolute atomic E-state index is 12.9. The van der Waals surface area contributed by atoms with Crippen molar-refractivity contribution in [3.8, 4) is 11.4 Å². The van der Waals surface area contributed by atoms with E-state index >= 15 is 0 Å². The first-order chi connectivity index (χ1) is 16.0. The van der Waals surface area contributed by atoms with Crippen molar-refractivity contribution in [3.63, 3.8) is 0 Å². The Morgan fingerprint density at radius 1 is 1.06 bits per heavy atom. The third kappa shape index (κ3) is 5.24. The van der Waals surface area contributed by atoms with E-state index in [2.05, 4.69) is 10.4 Å². The molecule has 0 radical (unpaired) electrons. The highest BCUT2D eigenvalue weighted by atomic mass is 35.5. The van der Waals surface area contributed by atoms with E-state index in [1.165, 1.54) is 16.9 Å². The van der Waals surface area contributed by atoms with Gasteiger partial charge in [0.1, 0.15) is 23.7 Å². The van der Waals surface area contributed by atoms with Gasteiger partial charge in [0.2, 0.25) is 0 Å². The van der Waals surface area contributed by atoms with Crippen molar-refractivity contribution < 1.29 is 23.5 Å². The molecule has 2 aromatic heterocycles. The highest BCUT2D eigenvalue weighted by molar-refractivity contribution is 6.30. The van der Waals surface area contributed by atoms with Crippen molar-refractivity contribution in [2.24, 2.45) is 0 Å². The van der Waals surface area contributed by atoms with Gasteiger partial charge in [-0.25, -0.2) is 9.48 Å². The Hall–Kier alpha value is -4.04. The number of rotatable bonds is 8. The fourth-order valence-corrected chi connectivity index (χ4v) is 3.15. The maximum atomic E-state index is 12.9. The Kier molecular flexibility index (Phi) is 6.75. The highest BCUT2D eigenvalue weighted by Crippen LogP contribution is 2.23. The first-order valence-corrected chi connectivity index (χ1v) is 10.5. The van der Waals surface area contributed by atoms with Gasteiger partial charge in [0.15, 0.2) is 11.6 Å². The SMILES string of the molecule is CCOC(=O)c1cnn(-c2ccccc2)c1NC(=O)c1ccc(COc2ccc(Cl)cc2)o1. The zero-order chi connectivity index (χ0) is 23.2. The summed E-state index contributed by atoms with van der Waals surface area (Å²) in [6.45, 7) is 2.02. The smallest absolute Gasteiger partial charge is 0.343 e. The second-order valence-electron chi connectivity index (χ2n) is 6.84. The summed E-state index contributed by atoms with van der Waals surface area (Å²) < 4.78 is 17.8. The zero-order valence-corrected chi connectivity index (χ0v) is 18.4. The molecular formula is C24H20ClN3O5. The molecule has 0 saturated carbocycles. The van der Waals surface area contributed by atoms with Gasteiger partial charge < -0.3 is 19.2 Å². The van der Waals surface area contributed by atoms with E-state index in [0.29, 0.717) is 22.2 Å². The number of carbonyl (C=O) groups excluding carboxylic acids is 2. The van der Waals surface area contributed by atoms with Crippen molar-refractivity contribution in [1.29, 1.82) is 0 Å². The average molecular weight is 466 g/mol. The number of ether oxygens (including phenoxy) is 2. The molecule has 33 heavy (non-hydrogen) atoms. The Balaban J connectivity index is 1.52. The van der Waals surface area contributed by atoms with Gasteiger partial charge in [-0.1, -0.05) is 29.8 Å². The molecule has 0 aliphatic carbocycles. The third-order valence-corrected chi connectivity index (χ3v) is 4.83. The van der Waals surface area contributed by atoms with Crippen LogP contribution in [0.25, 0.3) is 5.69 Å². The second-order valence-corrected chi connectivity index (χ2v) is 7.27. The molecule has 2 heterocycles. The van der Waals surface area contributed by atoms with Gasteiger partial charge in [0, 0.05) is 5.02 Å². The number of halogens is 1. The van der Waals surface area contributed by atoms with Crippen LogP contribution < -0.4 is 10.1 Å². The van der Waals surface area contributed by atoms with Crippen molar-refractivity contribution in [2.45, 2.75) is 13.5 Å². The fraction of sp³-hybridized carbons (Fsp3) is 0.125. The van der Waals surface area contributed by atoms with E-state index < -0.39 is 11.9 Å². The van der Waals surface area contributed by atoms with Gasteiger partial charge in [0.05, 0.1) is 18.5 Å². The summed E-state index contributed by atoms with van der Waals surface area (Å²) >= 11 is 5.87. The number of carbonyl (C=O) groups is 2. The van der Waals surface area contributed by atoms with E-state index in [9.17, 15) is 9.59 Å². The molecule has 4 rings (SSSR count).